The number of carbonyl (C=O) groups excluding carboxylic acids is 1. The largest absolute Gasteiger partial charge is 0.383 e. The van der Waals surface area contributed by atoms with Crippen LogP contribution in [0.1, 0.15) is 11.1 Å². The second kappa shape index (κ2) is 6.91. The van der Waals surface area contributed by atoms with Gasteiger partial charge in [-0.3, -0.25) is 4.79 Å². The topological polar surface area (TPSA) is 50.4 Å². The number of hydrogen-bond acceptors (Lipinski definition) is 3. The molecule has 0 bridgehead atoms. The van der Waals surface area contributed by atoms with Crippen molar-refractivity contribution in [2.75, 3.05) is 32.1 Å². The van der Waals surface area contributed by atoms with E-state index in [-0.39, 0.29) is 12.5 Å². The van der Waals surface area contributed by atoms with Gasteiger partial charge in [0, 0.05) is 19.3 Å². The lowest BCUT2D eigenvalue weighted by Crippen LogP contribution is -2.32. The molecule has 4 nitrogen and oxygen atoms in total. The maximum Gasteiger partial charge on any atom is 0.239 e. The van der Waals surface area contributed by atoms with Crippen LogP contribution < -0.4 is 10.6 Å². The maximum atomic E-state index is 11.5. The Morgan fingerprint density at radius 1 is 1.35 bits per heavy atom. The molecule has 0 saturated heterocycles. The molecule has 0 heterocycles. The van der Waals surface area contributed by atoms with E-state index in [0.29, 0.717) is 13.2 Å². The van der Waals surface area contributed by atoms with Crippen LogP contribution in [-0.4, -0.2) is 32.7 Å². The number of nitrogens with one attached hydrogen (secondary N) is 2. The van der Waals surface area contributed by atoms with Crippen molar-refractivity contribution in [2.45, 2.75) is 13.8 Å². The molecule has 0 aliphatic rings. The average molecular weight is 236 g/mol. The predicted molar refractivity (Wildman–Crippen MR) is 69.3 cm³/mol. The zero-order valence-corrected chi connectivity index (χ0v) is 10.7. The zero-order valence-electron chi connectivity index (χ0n) is 10.7. The third kappa shape index (κ3) is 4.87. The molecule has 0 spiro atoms. The van der Waals surface area contributed by atoms with Gasteiger partial charge >= 0.3 is 0 Å². The fourth-order valence-electron chi connectivity index (χ4n) is 1.46. The van der Waals surface area contributed by atoms with Crippen LogP contribution in [-0.2, 0) is 9.53 Å². The number of anilines is 1. The van der Waals surface area contributed by atoms with E-state index >= 15 is 0 Å². The van der Waals surface area contributed by atoms with Crippen molar-refractivity contribution in [3.05, 3.63) is 29.3 Å². The van der Waals surface area contributed by atoms with Crippen molar-refractivity contribution in [2.24, 2.45) is 0 Å². The smallest absolute Gasteiger partial charge is 0.239 e. The number of ether oxygens (including phenoxy) is 1. The van der Waals surface area contributed by atoms with E-state index in [1.165, 1.54) is 5.56 Å². The summed E-state index contributed by atoms with van der Waals surface area (Å²) in [5.41, 5.74) is 3.32. The molecule has 1 amide bonds. The van der Waals surface area contributed by atoms with E-state index in [1.807, 2.05) is 26.0 Å². The summed E-state index contributed by atoms with van der Waals surface area (Å²) >= 11 is 0. The average Bonchev–Trinajstić information content (AvgIpc) is 2.31. The van der Waals surface area contributed by atoms with Crippen LogP contribution in [0.4, 0.5) is 5.69 Å². The van der Waals surface area contributed by atoms with Crippen LogP contribution in [0.25, 0.3) is 0 Å². The molecule has 17 heavy (non-hydrogen) atoms. The number of carbonyl (C=O) groups is 1. The lowest BCUT2D eigenvalue weighted by Gasteiger charge is -2.10. The monoisotopic (exact) mass is 236 g/mol. The van der Waals surface area contributed by atoms with E-state index in [2.05, 4.69) is 16.7 Å². The molecule has 1 aromatic rings. The van der Waals surface area contributed by atoms with E-state index in [0.717, 1.165) is 11.3 Å². The normalized spacial score (nSPS) is 10.1. The second-order valence-electron chi connectivity index (χ2n) is 4.01. The summed E-state index contributed by atoms with van der Waals surface area (Å²) in [7, 11) is 1.61. The molecule has 1 rings (SSSR count). The van der Waals surface area contributed by atoms with Crippen molar-refractivity contribution in [1.29, 1.82) is 0 Å². The molecule has 0 unspecified atom stereocenters. The quantitative estimate of drug-likeness (QED) is 0.736. The van der Waals surface area contributed by atoms with Crippen LogP contribution >= 0.6 is 0 Å². The third-order valence-electron chi connectivity index (χ3n) is 2.46. The van der Waals surface area contributed by atoms with Gasteiger partial charge in [-0.15, -0.1) is 0 Å². The summed E-state index contributed by atoms with van der Waals surface area (Å²) in [5, 5.41) is 5.89. The van der Waals surface area contributed by atoms with Crippen molar-refractivity contribution < 1.29 is 9.53 Å². The highest BCUT2D eigenvalue weighted by Gasteiger charge is 2.02. The van der Waals surface area contributed by atoms with Gasteiger partial charge in [-0.1, -0.05) is 12.1 Å². The molecule has 0 aliphatic heterocycles. The number of methoxy groups -OCH3 is 1. The Morgan fingerprint density at radius 2 is 2.12 bits per heavy atom. The maximum absolute atomic E-state index is 11.5. The van der Waals surface area contributed by atoms with Crippen LogP contribution in [0.15, 0.2) is 18.2 Å². The van der Waals surface area contributed by atoms with Crippen LogP contribution in [0.3, 0.4) is 0 Å². The molecule has 1 aromatic carbocycles. The first-order valence-corrected chi connectivity index (χ1v) is 5.70. The first-order chi connectivity index (χ1) is 8.13. The van der Waals surface area contributed by atoms with Crippen molar-refractivity contribution >= 4 is 11.6 Å². The summed E-state index contributed by atoms with van der Waals surface area (Å²) in [6, 6.07) is 6.14. The Kier molecular flexibility index (Phi) is 5.49. The van der Waals surface area contributed by atoms with Gasteiger partial charge < -0.3 is 15.4 Å². The molecule has 2 N–H and O–H groups in total. The Labute approximate surface area is 102 Å². The number of benzene rings is 1. The Bertz CT molecular complexity index is 378. The van der Waals surface area contributed by atoms with Crippen molar-refractivity contribution in [1.82, 2.24) is 5.32 Å². The van der Waals surface area contributed by atoms with Crippen molar-refractivity contribution in [3.63, 3.8) is 0 Å². The van der Waals surface area contributed by atoms with Gasteiger partial charge in [-0.2, -0.15) is 0 Å². The van der Waals surface area contributed by atoms with Crippen molar-refractivity contribution in [3.8, 4) is 0 Å². The molecule has 94 valence electrons. The van der Waals surface area contributed by atoms with Crippen LogP contribution in [0.2, 0.25) is 0 Å². The minimum absolute atomic E-state index is 0.0250. The molecule has 0 fully saturated rings. The van der Waals surface area contributed by atoms with Gasteiger partial charge in [0.15, 0.2) is 0 Å². The minimum Gasteiger partial charge on any atom is -0.383 e. The number of hydrogen-bond donors (Lipinski definition) is 2. The molecule has 0 saturated carbocycles. The van der Waals surface area contributed by atoms with Gasteiger partial charge in [-0.25, -0.2) is 0 Å². The summed E-state index contributed by atoms with van der Waals surface area (Å²) in [6.07, 6.45) is 0. The standard InChI is InChI=1S/C13H20N2O2/c1-10-4-5-11(2)12(8-10)15-9-13(16)14-6-7-17-3/h4-5,8,15H,6-7,9H2,1-3H3,(H,14,16). The molecule has 0 aliphatic carbocycles. The third-order valence-corrected chi connectivity index (χ3v) is 2.46. The molecule has 0 aromatic heterocycles. The highest BCUT2D eigenvalue weighted by molar-refractivity contribution is 5.80. The first kappa shape index (κ1) is 13.5. The second-order valence-corrected chi connectivity index (χ2v) is 4.01. The minimum atomic E-state index is -0.0250. The Balaban J connectivity index is 2.39. The number of aryl methyl sites for hydroxylation is 2. The molecule has 4 heteroatoms. The summed E-state index contributed by atoms with van der Waals surface area (Å²) in [6.45, 7) is 5.42. The van der Waals surface area contributed by atoms with E-state index < -0.39 is 0 Å². The number of amides is 1. The highest BCUT2D eigenvalue weighted by atomic mass is 16.5. The first-order valence-electron chi connectivity index (χ1n) is 5.70. The lowest BCUT2D eigenvalue weighted by atomic mass is 10.1. The molecule has 0 radical (unpaired) electrons. The van der Waals surface area contributed by atoms with E-state index in [9.17, 15) is 4.79 Å². The fraction of sp³-hybridized carbons (Fsp3) is 0.462. The predicted octanol–water partition coefficient (Wildman–Crippen LogP) is 1.48. The van der Waals surface area contributed by atoms with Gasteiger partial charge in [0.2, 0.25) is 5.91 Å². The molecular formula is C13H20N2O2. The number of rotatable bonds is 6. The van der Waals surface area contributed by atoms with Gasteiger partial charge in [0.05, 0.1) is 13.2 Å². The van der Waals surface area contributed by atoms with Crippen LogP contribution in [0.5, 0.6) is 0 Å². The summed E-state index contributed by atoms with van der Waals surface area (Å²) in [4.78, 5) is 11.5. The fourth-order valence-corrected chi connectivity index (χ4v) is 1.46. The van der Waals surface area contributed by atoms with E-state index in [4.69, 9.17) is 4.74 Å². The van der Waals surface area contributed by atoms with Gasteiger partial charge in [-0.05, 0) is 31.0 Å². The highest BCUT2D eigenvalue weighted by Crippen LogP contribution is 2.15. The molecule has 0 atom stereocenters. The van der Waals surface area contributed by atoms with Gasteiger partial charge in [0.1, 0.15) is 0 Å². The SMILES string of the molecule is COCCNC(=O)CNc1cc(C)ccc1C. The Hall–Kier alpha value is -1.55. The summed E-state index contributed by atoms with van der Waals surface area (Å²) in [5.74, 6) is -0.0250. The molecular weight excluding hydrogens is 216 g/mol. The van der Waals surface area contributed by atoms with Gasteiger partial charge in [0.25, 0.3) is 0 Å². The Morgan fingerprint density at radius 3 is 2.82 bits per heavy atom. The zero-order chi connectivity index (χ0) is 12.7. The van der Waals surface area contributed by atoms with Crippen LogP contribution in [0, 0.1) is 13.8 Å². The lowest BCUT2D eigenvalue weighted by molar-refractivity contribution is -0.119. The summed E-state index contributed by atoms with van der Waals surface area (Å²) < 4.78 is 4.85. The van der Waals surface area contributed by atoms with E-state index in [1.54, 1.807) is 7.11 Å².